The molecule has 0 aliphatic rings. The molecule has 2 unspecified atom stereocenters. The van der Waals surface area contributed by atoms with Crippen molar-refractivity contribution in [2.75, 3.05) is 19.8 Å². The molecule has 1 N–H and O–H groups in total. The van der Waals surface area contributed by atoms with E-state index in [0.717, 1.165) is 0 Å². The normalized spacial score (nSPS) is 15.6. The Labute approximate surface area is 77.6 Å². The van der Waals surface area contributed by atoms with Gasteiger partial charge >= 0.3 is 8.25 Å². The second-order valence-electron chi connectivity index (χ2n) is 2.02. The Balaban J connectivity index is 3.38. The minimum absolute atomic E-state index is 0.0389. The molecule has 0 aliphatic heterocycles. The molecule has 0 aliphatic carbocycles. The summed E-state index contributed by atoms with van der Waals surface area (Å²) in [6, 6.07) is 0. The van der Waals surface area contributed by atoms with Gasteiger partial charge in [-0.2, -0.15) is 4.67 Å². The zero-order chi connectivity index (χ0) is 10.1. The molecule has 7 heteroatoms. The second-order valence-corrected chi connectivity index (χ2v) is 2.92. The number of rotatable bonds is 8. The third kappa shape index (κ3) is 8.36. The number of hydrogen-bond donors (Lipinski definition) is 1. The Morgan fingerprint density at radius 1 is 1.54 bits per heavy atom. The number of aliphatic hydroxyl groups is 1. The topological polar surface area (TPSA) is 74.2 Å². The van der Waals surface area contributed by atoms with Crippen molar-refractivity contribution >= 4 is 8.25 Å². The van der Waals surface area contributed by atoms with Gasteiger partial charge in [0, 0.05) is 6.61 Å². The largest absolute Gasteiger partial charge is 0.394 e. The molecule has 0 aromatic carbocycles. The number of hydrogen-bond acceptors (Lipinski definition) is 6. The lowest BCUT2D eigenvalue weighted by atomic mass is 10.7. The van der Waals surface area contributed by atoms with Crippen LogP contribution in [0.4, 0.5) is 0 Å². The lowest BCUT2D eigenvalue weighted by Gasteiger charge is -2.11. The van der Waals surface area contributed by atoms with Gasteiger partial charge in [0.05, 0.1) is 6.61 Å². The first-order valence-corrected chi connectivity index (χ1v) is 5.15. The standard InChI is InChI=1S/C6H15O6P/c1-3-9-6(2)11-13(8)12-10-5-4-7/h6-7,13H,3-5H2,1-2H3. The fourth-order valence-corrected chi connectivity index (χ4v) is 1.11. The summed E-state index contributed by atoms with van der Waals surface area (Å²) in [6.07, 6.45) is -0.589. The van der Waals surface area contributed by atoms with Gasteiger partial charge in [-0.15, -0.1) is 0 Å². The molecule has 13 heavy (non-hydrogen) atoms. The molecule has 0 saturated carbocycles. The molecule has 0 heterocycles. The Bertz CT molecular complexity index is 141. The molecular formula is C6H15O6P. The lowest BCUT2D eigenvalue weighted by Crippen LogP contribution is -2.09. The van der Waals surface area contributed by atoms with Crippen molar-refractivity contribution in [3.05, 3.63) is 0 Å². The average Bonchev–Trinajstić information content (AvgIpc) is 2.05. The Morgan fingerprint density at radius 2 is 2.23 bits per heavy atom. The molecule has 0 aromatic heterocycles. The van der Waals surface area contributed by atoms with Crippen LogP contribution in [-0.4, -0.2) is 31.2 Å². The van der Waals surface area contributed by atoms with Crippen molar-refractivity contribution < 1.29 is 28.5 Å². The molecule has 0 fully saturated rings. The molecule has 0 radical (unpaired) electrons. The van der Waals surface area contributed by atoms with Gasteiger partial charge in [-0.3, -0.25) is 9.09 Å². The molecule has 0 amide bonds. The van der Waals surface area contributed by atoms with Gasteiger partial charge in [0.1, 0.15) is 6.61 Å². The van der Waals surface area contributed by atoms with Crippen molar-refractivity contribution in [1.29, 1.82) is 0 Å². The monoisotopic (exact) mass is 214 g/mol. The first-order valence-electron chi connectivity index (χ1n) is 3.93. The van der Waals surface area contributed by atoms with E-state index in [1.165, 1.54) is 0 Å². The molecule has 0 rings (SSSR count). The summed E-state index contributed by atoms with van der Waals surface area (Å²) in [7, 11) is -2.69. The van der Waals surface area contributed by atoms with Gasteiger partial charge < -0.3 is 9.84 Å². The summed E-state index contributed by atoms with van der Waals surface area (Å²) in [4.78, 5) is 4.33. The fraction of sp³-hybridized carbons (Fsp3) is 1.00. The van der Waals surface area contributed by atoms with Gasteiger partial charge in [0.25, 0.3) is 0 Å². The predicted molar refractivity (Wildman–Crippen MR) is 45.3 cm³/mol. The van der Waals surface area contributed by atoms with E-state index in [9.17, 15) is 4.57 Å². The van der Waals surface area contributed by atoms with E-state index in [1.807, 2.05) is 0 Å². The van der Waals surface area contributed by atoms with E-state index in [-0.39, 0.29) is 13.2 Å². The number of ether oxygens (including phenoxy) is 1. The zero-order valence-electron chi connectivity index (χ0n) is 7.69. The third-order valence-electron chi connectivity index (χ3n) is 0.965. The highest BCUT2D eigenvalue weighted by Crippen LogP contribution is 2.26. The summed E-state index contributed by atoms with van der Waals surface area (Å²) in [6.45, 7) is 3.62. The van der Waals surface area contributed by atoms with Crippen LogP contribution in [0, 0.1) is 0 Å². The molecule has 0 saturated heterocycles. The third-order valence-corrected chi connectivity index (χ3v) is 1.74. The highest BCUT2D eigenvalue weighted by molar-refractivity contribution is 7.33. The molecular weight excluding hydrogens is 199 g/mol. The lowest BCUT2D eigenvalue weighted by molar-refractivity contribution is -0.221. The maximum atomic E-state index is 10.9. The van der Waals surface area contributed by atoms with Crippen molar-refractivity contribution in [2.24, 2.45) is 0 Å². The molecule has 6 nitrogen and oxygen atoms in total. The molecule has 0 aromatic rings. The summed E-state index contributed by atoms with van der Waals surface area (Å²) < 4.78 is 24.8. The van der Waals surface area contributed by atoms with Crippen LogP contribution < -0.4 is 0 Å². The van der Waals surface area contributed by atoms with Gasteiger partial charge in [-0.1, -0.05) is 0 Å². The molecule has 2 atom stereocenters. The van der Waals surface area contributed by atoms with Crippen molar-refractivity contribution in [3.63, 3.8) is 0 Å². The van der Waals surface area contributed by atoms with Gasteiger partial charge in [-0.05, 0) is 13.8 Å². The summed E-state index contributed by atoms with van der Waals surface area (Å²) in [5.74, 6) is 0. The summed E-state index contributed by atoms with van der Waals surface area (Å²) >= 11 is 0. The SMILES string of the molecule is CCOC(C)O[PH](=O)OOCCO. The zero-order valence-corrected chi connectivity index (χ0v) is 8.69. The number of aliphatic hydroxyl groups excluding tert-OH is 1. The maximum Gasteiger partial charge on any atom is 0.349 e. The van der Waals surface area contributed by atoms with Gasteiger partial charge in [0.2, 0.25) is 0 Å². The molecule has 0 spiro atoms. The first kappa shape index (κ1) is 13.0. The van der Waals surface area contributed by atoms with Crippen LogP contribution in [-0.2, 0) is 23.4 Å². The minimum atomic E-state index is -2.69. The average molecular weight is 214 g/mol. The van der Waals surface area contributed by atoms with Gasteiger partial charge in [-0.25, -0.2) is 4.89 Å². The molecule has 0 bridgehead atoms. The Hall–Kier alpha value is 0.0300. The van der Waals surface area contributed by atoms with Crippen molar-refractivity contribution in [2.45, 2.75) is 20.1 Å². The van der Waals surface area contributed by atoms with E-state index >= 15 is 0 Å². The van der Waals surface area contributed by atoms with Crippen LogP contribution in [0.2, 0.25) is 0 Å². The van der Waals surface area contributed by atoms with Crippen LogP contribution in [0.3, 0.4) is 0 Å². The Morgan fingerprint density at radius 3 is 2.77 bits per heavy atom. The minimum Gasteiger partial charge on any atom is -0.394 e. The van der Waals surface area contributed by atoms with E-state index in [0.29, 0.717) is 6.61 Å². The van der Waals surface area contributed by atoms with Crippen molar-refractivity contribution in [3.8, 4) is 0 Å². The highest BCUT2D eigenvalue weighted by Gasteiger charge is 2.07. The van der Waals surface area contributed by atoms with E-state index < -0.39 is 14.5 Å². The van der Waals surface area contributed by atoms with Crippen molar-refractivity contribution in [1.82, 2.24) is 0 Å². The second kappa shape index (κ2) is 8.62. The first-order chi connectivity index (χ1) is 6.20. The van der Waals surface area contributed by atoms with E-state index in [1.54, 1.807) is 13.8 Å². The predicted octanol–water partition coefficient (Wildman–Crippen LogP) is 0.716. The van der Waals surface area contributed by atoms with E-state index in [2.05, 4.69) is 9.56 Å². The highest BCUT2D eigenvalue weighted by atomic mass is 31.1. The van der Waals surface area contributed by atoms with Crippen LogP contribution in [0.1, 0.15) is 13.8 Å². The maximum absolute atomic E-state index is 10.9. The summed E-state index contributed by atoms with van der Waals surface area (Å²) in [5.41, 5.74) is 0. The van der Waals surface area contributed by atoms with Crippen LogP contribution in [0.5, 0.6) is 0 Å². The smallest absolute Gasteiger partial charge is 0.349 e. The quantitative estimate of drug-likeness (QED) is 0.211. The fourth-order valence-electron chi connectivity index (χ4n) is 0.551. The summed E-state index contributed by atoms with van der Waals surface area (Å²) in [5, 5.41) is 8.28. The van der Waals surface area contributed by atoms with Gasteiger partial charge in [0.15, 0.2) is 6.29 Å². The van der Waals surface area contributed by atoms with E-state index in [4.69, 9.17) is 14.4 Å². The van der Waals surface area contributed by atoms with Crippen LogP contribution in [0.15, 0.2) is 0 Å². The van der Waals surface area contributed by atoms with Crippen LogP contribution >= 0.6 is 8.25 Å². The van der Waals surface area contributed by atoms with Crippen LogP contribution in [0.25, 0.3) is 0 Å². The molecule has 80 valence electrons. The Kier molecular flexibility index (Phi) is 8.64.